The van der Waals surface area contributed by atoms with Gasteiger partial charge >= 0.3 is 0 Å². The number of nitrogens with two attached hydrogens (primary N) is 2. The Balaban J connectivity index is 2.33. The quantitative estimate of drug-likeness (QED) is 0.758. The molecule has 84 valence electrons. The molecule has 0 radical (unpaired) electrons. The average Bonchev–Trinajstić information content (AvgIpc) is 2.95. The molecule has 1 saturated carbocycles. The summed E-state index contributed by atoms with van der Waals surface area (Å²) < 4.78 is 0. The smallest absolute Gasteiger partial charge is 0.0109 e. The molecule has 16 heavy (non-hydrogen) atoms. The fourth-order valence-electron chi connectivity index (χ4n) is 1.89. The molecule has 2 atom stereocenters. The van der Waals surface area contributed by atoms with Crippen molar-refractivity contribution in [3.8, 4) is 0 Å². The maximum atomic E-state index is 5.83. The second-order valence-electron chi connectivity index (χ2n) is 4.36. The van der Waals surface area contributed by atoms with Gasteiger partial charge < -0.3 is 11.5 Å². The minimum absolute atomic E-state index is 0.338. The van der Waals surface area contributed by atoms with E-state index in [1.807, 2.05) is 18.2 Å². The van der Waals surface area contributed by atoms with Gasteiger partial charge in [0, 0.05) is 6.04 Å². The third-order valence-corrected chi connectivity index (χ3v) is 3.02. The number of aryl methyl sites for hydroxylation is 1. The van der Waals surface area contributed by atoms with Gasteiger partial charge in [0.2, 0.25) is 0 Å². The predicted molar refractivity (Wildman–Crippen MR) is 68.6 cm³/mol. The van der Waals surface area contributed by atoms with Gasteiger partial charge in [-0.1, -0.05) is 30.3 Å². The molecule has 2 unspecified atom stereocenters. The van der Waals surface area contributed by atoms with Crippen LogP contribution in [0.5, 0.6) is 0 Å². The van der Waals surface area contributed by atoms with Gasteiger partial charge in [-0.2, -0.15) is 0 Å². The van der Waals surface area contributed by atoms with Crippen molar-refractivity contribution in [1.29, 1.82) is 0 Å². The average molecular weight is 214 g/mol. The molecular formula is C14H18N2. The first kappa shape index (κ1) is 11.0. The molecule has 1 aliphatic rings. The molecule has 1 aromatic carbocycles. The SMILES string of the molecule is Cc1ccccc1C(/C=C\N)=C/C1CC1N. The van der Waals surface area contributed by atoms with Gasteiger partial charge in [0.25, 0.3) is 0 Å². The Morgan fingerprint density at radius 1 is 1.38 bits per heavy atom. The van der Waals surface area contributed by atoms with Crippen LogP contribution >= 0.6 is 0 Å². The monoisotopic (exact) mass is 214 g/mol. The van der Waals surface area contributed by atoms with Crippen molar-refractivity contribution < 1.29 is 0 Å². The van der Waals surface area contributed by atoms with Crippen LogP contribution in [-0.4, -0.2) is 6.04 Å². The summed E-state index contributed by atoms with van der Waals surface area (Å²) in [7, 11) is 0. The summed E-state index contributed by atoms with van der Waals surface area (Å²) in [5.74, 6) is 0.519. The van der Waals surface area contributed by atoms with Crippen molar-refractivity contribution in [3.05, 3.63) is 53.7 Å². The molecule has 0 aliphatic heterocycles. The van der Waals surface area contributed by atoms with Crippen LogP contribution in [0.3, 0.4) is 0 Å². The van der Waals surface area contributed by atoms with Crippen LogP contribution in [0.1, 0.15) is 17.5 Å². The van der Waals surface area contributed by atoms with Gasteiger partial charge in [0.1, 0.15) is 0 Å². The van der Waals surface area contributed by atoms with E-state index in [1.165, 1.54) is 16.7 Å². The van der Waals surface area contributed by atoms with Crippen LogP contribution < -0.4 is 11.5 Å². The molecule has 0 amide bonds. The molecule has 0 bridgehead atoms. The van der Waals surface area contributed by atoms with E-state index in [2.05, 4.69) is 25.1 Å². The van der Waals surface area contributed by atoms with Gasteiger partial charge in [-0.25, -0.2) is 0 Å². The lowest BCUT2D eigenvalue weighted by molar-refractivity contribution is 0.977. The minimum Gasteiger partial charge on any atom is -0.405 e. The molecule has 2 heteroatoms. The van der Waals surface area contributed by atoms with Gasteiger partial charge in [-0.3, -0.25) is 0 Å². The molecule has 1 aromatic rings. The molecule has 2 nitrogen and oxygen atoms in total. The first-order chi connectivity index (χ1) is 7.72. The first-order valence-corrected chi connectivity index (χ1v) is 5.64. The van der Waals surface area contributed by atoms with Crippen LogP contribution in [0.4, 0.5) is 0 Å². The summed E-state index contributed by atoms with van der Waals surface area (Å²) in [5.41, 5.74) is 15.0. The van der Waals surface area contributed by atoms with Crippen molar-refractivity contribution in [2.45, 2.75) is 19.4 Å². The van der Waals surface area contributed by atoms with Gasteiger partial charge in [0.05, 0.1) is 0 Å². The summed E-state index contributed by atoms with van der Waals surface area (Å²) in [4.78, 5) is 0. The highest BCUT2D eigenvalue weighted by Crippen LogP contribution is 2.33. The maximum absolute atomic E-state index is 5.83. The molecule has 0 aromatic heterocycles. The molecule has 0 heterocycles. The lowest BCUT2D eigenvalue weighted by atomic mass is 9.99. The first-order valence-electron chi connectivity index (χ1n) is 5.64. The predicted octanol–water partition coefficient (Wildman–Crippen LogP) is 2.20. The Morgan fingerprint density at radius 3 is 2.62 bits per heavy atom. The molecule has 0 saturated heterocycles. The van der Waals surface area contributed by atoms with Gasteiger partial charge in [-0.15, -0.1) is 0 Å². The fourth-order valence-corrected chi connectivity index (χ4v) is 1.89. The standard InChI is InChI=1S/C14H18N2/c1-10-4-2-3-5-13(10)11(6-7-15)8-12-9-14(12)16/h2-8,12,14H,9,15-16H2,1H3/b7-6-,11-8+. The van der Waals surface area contributed by atoms with Crippen LogP contribution in [0.2, 0.25) is 0 Å². The zero-order valence-corrected chi connectivity index (χ0v) is 9.56. The van der Waals surface area contributed by atoms with E-state index in [1.54, 1.807) is 6.20 Å². The van der Waals surface area contributed by atoms with E-state index in [-0.39, 0.29) is 0 Å². The molecule has 0 spiro atoms. The normalized spacial score (nSPS) is 25.0. The Kier molecular flexibility index (Phi) is 3.11. The zero-order chi connectivity index (χ0) is 11.5. The van der Waals surface area contributed by atoms with Gasteiger partial charge in [-0.05, 0) is 48.2 Å². The van der Waals surface area contributed by atoms with Crippen LogP contribution in [-0.2, 0) is 0 Å². The highest BCUT2D eigenvalue weighted by atomic mass is 14.7. The second-order valence-corrected chi connectivity index (χ2v) is 4.36. The van der Waals surface area contributed by atoms with Crippen LogP contribution in [0.25, 0.3) is 5.57 Å². The fraction of sp³-hybridized carbons (Fsp3) is 0.286. The number of hydrogen-bond donors (Lipinski definition) is 2. The summed E-state index contributed by atoms with van der Waals surface area (Å²) in [5, 5.41) is 0. The molecular weight excluding hydrogens is 196 g/mol. The lowest BCUT2D eigenvalue weighted by Gasteiger charge is -2.06. The topological polar surface area (TPSA) is 52.0 Å². The second kappa shape index (κ2) is 4.54. The van der Waals surface area contributed by atoms with Crippen molar-refractivity contribution in [1.82, 2.24) is 0 Å². The third kappa shape index (κ3) is 2.34. The van der Waals surface area contributed by atoms with Crippen molar-refractivity contribution in [2.75, 3.05) is 0 Å². The van der Waals surface area contributed by atoms with Crippen molar-refractivity contribution in [2.24, 2.45) is 17.4 Å². The summed E-state index contributed by atoms with van der Waals surface area (Å²) in [6, 6.07) is 8.67. The van der Waals surface area contributed by atoms with Crippen LogP contribution in [0, 0.1) is 12.8 Å². The largest absolute Gasteiger partial charge is 0.405 e. The summed E-state index contributed by atoms with van der Waals surface area (Å²) in [6.07, 6.45) is 6.86. The maximum Gasteiger partial charge on any atom is 0.0109 e. The minimum atomic E-state index is 0.338. The van der Waals surface area contributed by atoms with E-state index in [9.17, 15) is 0 Å². The highest BCUT2D eigenvalue weighted by Gasteiger charge is 2.31. The molecule has 4 N–H and O–H groups in total. The third-order valence-electron chi connectivity index (χ3n) is 3.02. The van der Waals surface area contributed by atoms with Gasteiger partial charge in [0.15, 0.2) is 0 Å². The number of hydrogen-bond acceptors (Lipinski definition) is 2. The van der Waals surface area contributed by atoms with Crippen molar-refractivity contribution >= 4 is 5.57 Å². The van der Waals surface area contributed by atoms with Crippen LogP contribution in [0.15, 0.2) is 42.6 Å². The number of benzene rings is 1. The Morgan fingerprint density at radius 2 is 2.06 bits per heavy atom. The van der Waals surface area contributed by atoms with E-state index >= 15 is 0 Å². The summed E-state index contributed by atoms with van der Waals surface area (Å²) in [6.45, 7) is 2.11. The highest BCUT2D eigenvalue weighted by molar-refractivity contribution is 5.76. The zero-order valence-electron chi connectivity index (χ0n) is 9.56. The van der Waals surface area contributed by atoms with Crippen molar-refractivity contribution in [3.63, 3.8) is 0 Å². The Hall–Kier alpha value is -1.54. The Labute approximate surface area is 96.6 Å². The van der Waals surface area contributed by atoms with E-state index in [0.29, 0.717) is 12.0 Å². The molecule has 1 fully saturated rings. The number of rotatable bonds is 3. The Bertz CT molecular complexity index is 432. The summed E-state index contributed by atoms with van der Waals surface area (Å²) >= 11 is 0. The molecule has 1 aliphatic carbocycles. The number of allylic oxidation sites excluding steroid dienone is 2. The van der Waals surface area contributed by atoms with E-state index in [4.69, 9.17) is 11.5 Å². The van der Waals surface area contributed by atoms with E-state index < -0.39 is 0 Å². The molecule has 2 rings (SSSR count). The lowest BCUT2D eigenvalue weighted by Crippen LogP contribution is -2.00. The van der Waals surface area contributed by atoms with E-state index in [0.717, 1.165) is 6.42 Å².